The van der Waals surface area contributed by atoms with Crippen LogP contribution in [0.3, 0.4) is 0 Å². The van der Waals surface area contributed by atoms with Crippen molar-refractivity contribution in [1.29, 1.82) is 0 Å². The number of carbonyl (C=O) groups is 5. The van der Waals surface area contributed by atoms with Crippen molar-refractivity contribution in [2.45, 2.75) is 18.9 Å². The Kier molecular flexibility index (Phi) is 3.28. The van der Waals surface area contributed by atoms with Crippen LogP contribution in [0, 0.1) is 17.8 Å². The third-order valence-corrected chi connectivity index (χ3v) is 6.21. The number of piperidine rings is 2. The molecule has 0 spiro atoms. The van der Waals surface area contributed by atoms with Crippen LogP contribution in [0.1, 0.15) is 33.6 Å². The lowest BCUT2D eigenvalue weighted by molar-refractivity contribution is -0.136. The molecule has 4 atom stereocenters. The molecule has 1 saturated carbocycles. The fourth-order valence-electron chi connectivity index (χ4n) is 4.64. The molecule has 1 aliphatic carbocycles. The number of benzene rings is 1. The molecule has 0 bridgehead atoms. The van der Waals surface area contributed by atoms with E-state index < -0.39 is 29.7 Å². The van der Waals surface area contributed by atoms with Crippen molar-refractivity contribution in [2.75, 3.05) is 18.0 Å². The van der Waals surface area contributed by atoms with Crippen molar-refractivity contribution in [1.82, 2.24) is 10.2 Å². The number of fused-ring (bicyclic) bond motifs is 2. The molecule has 1 N–H and O–H groups in total. The quantitative estimate of drug-likeness (QED) is 0.594. The Morgan fingerprint density at radius 1 is 1.00 bits per heavy atom. The van der Waals surface area contributed by atoms with Gasteiger partial charge in [-0.25, -0.2) is 0 Å². The van der Waals surface area contributed by atoms with Gasteiger partial charge >= 0.3 is 0 Å². The summed E-state index contributed by atoms with van der Waals surface area (Å²) in [7, 11) is 0. The first kappa shape index (κ1) is 16.2. The van der Waals surface area contributed by atoms with E-state index in [0.717, 1.165) is 30.0 Å². The molecule has 0 aromatic heterocycles. The van der Waals surface area contributed by atoms with Gasteiger partial charge in [-0.3, -0.25) is 29.4 Å². The summed E-state index contributed by atoms with van der Waals surface area (Å²) in [5, 5.41) is 2.19. The Labute approximate surface area is 154 Å². The summed E-state index contributed by atoms with van der Waals surface area (Å²) in [4.78, 5) is 63.0. The normalized spacial score (nSPS) is 31.7. The number of rotatable bonds is 3. The molecule has 1 aromatic rings. The lowest BCUT2D eigenvalue weighted by Crippen LogP contribution is -2.54. The first-order valence-corrected chi connectivity index (χ1v) is 9.05. The molecule has 0 radical (unpaired) electrons. The number of amides is 4. The van der Waals surface area contributed by atoms with E-state index in [9.17, 15) is 24.0 Å². The van der Waals surface area contributed by atoms with E-state index in [4.69, 9.17) is 0 Å². The van der Waals surface area contributed by atoms with Crippen molar-refractivity contribution >= 4 is 35.6 Å². The summed E-state index contributed by atoms with van der Waals surface area (Å²) in [6.45, 7) is 1.54. The van der Waals surface area contributed by atoms with Crippen LogP contribution >= 0.6 is 0 Å². The zero-order valence-corrected chi connectivity index (χ0v) is 14.4. The number of anilines is 1. The minimum atomic E-state index is -0.952. The first-order chi connectivity index (χ1) is 13.0. The minimum absolute atomic E-state index is 0.101. The largest absolute Gasteiger partial charge is 0.371 e. The van der Waals surface area contributed by atoms with Gasteiger partial charge in [-0.2, -0.15) is 0 Å². The molecule has 2 saturated heterocycles. The van der Waals surface area contributed by atoms with Crippen molar-refractivity contribution in [3.63, 3.8) is 0 Å². The van der Waals surface area contributed by atoms with E-state index in [1.807, 2.05) is 0 Å². The second-order valence-electron chi connectivity index (χ2n) is 7.62. The Hall–Kier alpha value is -3.03. The summed E-state index contributed by atoms with van der Waals surface area (Å²) in [6, 6.07) is 4.17. The van der Waals surface area contributed by atoms with Gasteiger partial charge in [-0.1, -0.05) is 0 Å². The summed E-state index contributed by atoms with van der Waals surface area (Å²) >= 11 is 0. The van der Waals surface area contributed by atoms with Crippen molar-refractivity contribution in [2.24, 2.45) is 17.8 Å². The lowest BCUT2D eigenvalue weighted by atomic mass is 10.0. The third-order valence-electron chi connectivity index (χ3n) is 6.21. The van der Waals surface area contributed by atoms with Crippen molar-refractivity contribution in [3.8, 4) is 0 Å². The van der Waals surface area contributed by atoms with Gasteiger partial charge in [-0.15, -0.1) is 0 Å². The second kappa shape index (κ2) is 5.48. The number of imide groups is 2. The SMILES string of the molecule is O=CC1[C@H]2CN(c3ccc4c(c3)C(=O)N(C3CCC(=O)NC3=O)C4=O)C[C@@H]12. The Balaban J connectivity index is 1.40. The summed E-state index contributed by atoms with van der Waals surface area (Å²) in [5.74, 6) is -1.08. The molecule has 3 heterocycles. The highest BCUT2D eigenvalue weighted by molar-refractivity contribution is 6.23. The average Bonchev–Trinajstić information content (AvgIpc) is 3.00. The summed E-state index contributed by atoms with van der Waals surface area (Å²) in [6.07, 6.45) is 1.27. The average molecular weight is 367 g/mol. The standard InChI is InChI=1S/C19H17N3O5/c23-8-14-12-6-21(7-13(12)14)9-1-2-10-11(5-9)19(27)22(18(10)26)15-3-4-16(24)20-17(15)25/h1-2,5,8,12-15H,3-4,6-7H2,(H,20,24,25)/t12-,13+,14?,15?. The molecule has 138 valence electrons. The second-order valence-corrected chi connectivity index (χ2v) is 7.62. The zero-order valence-electron chi connectivity index (χ0n) is 14.4. The van der Waals surface area contributed by atoms with Gasteiger partial charge in [0, 0.05) is 31.1 Å². The third kappa shape index (κ3) is 2.25. The van der Waals surface area contributed by atoms with Crippen LogP contribution in [-0.2, 0) is 14.4 Å². The molecular weight excluding hydrogens is 350 g/mol. The van der Waals surface area contributed by atoms with E-state index in [0.29, 0.717) is 11.8 Å². The highest BCUT2D eigenvalue weighted by Crippen LogP contribution is 2.51. The van der Waals surface area contributed by atoms with Crippen LogP contribution < -0.4 is 10.2 Å². The summed E-state index contributed by atoms with van der Waals surface area (Å²) < 4.78 is 0. The zero-order chi connectivity index (χ0) is 18.9. The molecule has 3 aliphatic heterocycles. The summed E-state index contributed by atoms with van der Waals surface area (Å²) in [5.41, 5.74) is 1.41. The molecule has 5 rings (SSSR count). The topological polar surface area (TPSA) is 104 Å². The predicted molar refractivity (Wildman–Crippen MR) is 91.9 cm³/mol. The fourth-order valence-corrected chi connectivity index (χ4v) is 4.64. The van der Waals surface area contributed by atoms with Gasteiger partial charge in [-0.05, 0) is 36.5 Å². The van der Waals surface area contributed by atoms with Crippen molar-refractivity contribution < 1.29 is 24.0 Å². The van der Waals surface area contributed by atoms with Gasteiger partial charge < -0.3 is 9.69 Å². The highest BCUT2D eigenvalue weighted by atomic mass is 16.2. The van der Waals surface area contributed by atoms with E-state index in [1.54, 1.807) is 18.2 Å². The van der Waals surface area contributed by atoms with Crippen LogP contribution in [-0.4, -0.2) is 53.9 Å². The molecule has 1 aromatic carbocycles. The van der Waals surface area contributed by atoms with Crippen LogP contribution in [0.4, 0.5) is 5.69 Å². The number of hydrogen-bond acceptors (Lipinski definition) is 6. The van der Waals surface area contributed by atoms with E-state index in [1.165, 1.54) is 0 Å². The van der Waals surface area contributed by atoms with Crippen LogP contribution in [0.2, 0.25) is 0 Å². The monoisotopic (exact) mass is 367 g/mol. The number of hydrogen-bond donors (Lipinski definition) is 1. The molecular formula is C19H17N3O5. The fraction of sp³-hybridized carbons (Fsp3) is 0.421. The van der Waals surface area contributed by atoms with Crippen molar-refractivity contribution in [3.05, 3.63) is 29.3 Å². The lowest BCUT2D eigenvalue weighted by Gasteiger charge is -2.27. The Morgan fingerprint density at radius 2 is 1.70 bits per heavy atom. The maximum absolute atomic E-state index is 12.8. The molecule has 27 heavy (non-hydrogen) atoms. The van der Waals surface area contributed by atoms with E-state index >= 15 is 0 Å². The molecule has 2 unspecified atom stereocenters. The molecule has 3 fully saturated rings. The van der Waals surface area contributed by atoms with E-state index in [2.05, 4.69) is 10.2 Å². The maximum Gasteiger partial charge on any atom is 0.262 e. The van der Waals surface area contributed by atoms with Gasteiger partial charge in [0.2, 0.25) is 11.8 Å². The number of nitrogens with one attached hydrogen (secondary N) is 1. The molecule has 4 amide bonds. The van der Waals surface area contributed by atoms with Crippen LogP contribution in [0.15, 0.2) is 18.2 Å². The van der Waals surface area contributed by atoms with Gasteiger partial charge in [0.1, 0.15) is 12.3 Å². The van der Waals surface area contributed by atoms with Crippen LogP contribution in [0.25, 0.3) is 0 Å². The van der Waals surface area contributed by atoms with Gasteiger partial charge in [0.05, 0.1) is 11.1 Å². The Bertz CT molecular complexity index is 914. The predicted octanol–water partition coefficient (Wildman–Crippen LogP) is -0.0311. The Morgan fingerprint density at radius 3 is 2.37 bits per heavy atom. The highest BCUT2D eigenvalue weighted by Gasteiger charge is 2.55. The molecule has 4 aliphatic rings. The number of carbonyl (C=O) groups excluding carboxylic acids is 5. The number of aldehydes is 1. The van der Waals surface area contributed by atoms with Gasteiger partial charge in [0.25, 0.3) is 11.8 Å². The smallest absolute Gasteiger partial charge is 0.262 e. The minimum Gasteiger partial charge on any atom is -0.371 e. The number of nitrogens with zero attached hydrogens (tertiary/aromatic N) is 2. The molecule has 8 heteroatoms. The maximum atomic E-state index is 12.8. The van der Waals surface area contributed by atoms with E-state index in [-0.39, 0.29) is 29.9 Å². The van der Waals surface area contributed by atoms with Crippen LogP contribution in [0.5, 0.6) is 0 Å². The first-order valence-electron chi connectivity index (χ1n) is 9.05. The molecule has 8 nitrogen and oxygen atoms in total. The van der Waals surface area contributed by atoms with Gasteiger partial charge in [0.15, 0.2) is 0 Å².